The fourth-order valence-electron chi connectivity index (χ4n) is 2.17. The minimum atomic E-state index is 0.848. The average molecular weight is 292 g/mol. The molecule has 0 bridgehead atoms. The summed E-state index contributed by atoms with van der Waals surface area (Å²) in [5, 5.41) is 2.39. The Labute approximate surface area is 107 Å². The summed E-state index contributed by atoms with van der Waals surface area (Å²) < 4.78 is 8.42. The summed E-state index contributed by atoms with van der Waals surface area (Å²) in [6.07, 6.45) is 4.12. The molecule has 0 amide bonds. The van der Waals surface area contributed by atoms with Crippen LogP contribution in [0.1, 0.15) is 0 Å². The molecule has 0 aliphatic heterocycles. The van der Waals surface area contributed by atoms with E-state index in [1.54, 1.807) is 7.11 Å². The van der Waals surface area contributed by atoms with Crippen molar-refractivity contribution in [2.75, 3.05) is 7.11 Å². The van der Waals surface area contributed by atoms with Gasteiger partial charge in [-0.1, -0.05) is 6.07 Å². The molecule has 3 nitrogen and oxygen atoms in total. The molecular weight excluding hydrogens is 280 g/mol. The molecule has 3 rings (SSSR count). The first-order valence-electron chi connectivity index (χ1n) is 5.34. The lowest BCUT2D eigenvalue weighted by molar-refractivity contribution is -0.670. The number of benzene rings is 1. The zero-order valence-corrected chi connectivity index (χ0v) is 11.2. The van der Waals surface area contributed by atoms with Gasteiger partial charge in [0.2, 0.25) is 0 Å². The summed E-state index contributed by atoms with van der Waals surface area (Å²) >= 11 is 3.50. The minimum absolute atomic E-state index is 0.848. The molecule has 4 heteroatoms. The molecular formula is C13H12BrN2O+. The molecule has 0 aliphatic carbocycles. The van der Waals surface area contributed by atoms with E-state index >= 15 is 0 Å². The number of nitrogens with zero attached hydrogens (tertiary/aromatic N) is 1. The van der Waals surface area contributed by atoms with Gasteiger partial charge in [0.05, 0.1) is 17.1 Å². The van der Waals surface area contributed by atoms with E-state index in [4.69, 9.17) is 4.74 Å². The Balaban J connectivity index is 2.50. The standard InChI is InChI=1S/C13H11BrN2O/c1-16-6-5-8-9-3-4-10(14)13(17-2)12(9)15-11(8)7-16/h3-7H,1-2H3/p+1. The number of rotatable bonds is 1. The highest BCUT2D eigenvalue weighted by molar-refractivity contribution is 9.10. The van der Waals surface area contributed by atoms with Gasteiger partial charge >= 0.3 is 0 Å². The zero-order valence-electron chi connectivity index (χ0n) is 9.62. The summed E-state index contributed by atoms with van der Waals surface area (Å²) in [6, 6.07) is 6.23. The number of methoxy groups -OCH3 is 1. The largest absolute Gasteiger partial charge is 0.493 e. The number of hydrogen-bond donors (Lipinski definition) is 1. The Morgan fingerprint density at radius 3 is 2.82 bits per heavy atom. The van der Waals surface area contributed by atoms with Gasteiger partial charge < -0.3 is 9.72 Å². The van der Waals surface area contributed by atoms with Gasteiger partial charge in [-0.05, 0) is 22.0 Å². The van der Waals surface area contributed by atoms with Crippen molar-refractivity contribution >= 4 is 37.7 Å². The van der Waals surface area contributed by atoms with E-state index in [0.29, 0.717) is 0 Å². The highest BCUT2D eigenvalue weighted by Gasteiger charge is 2.13. The first-order valence-corrected chi connectivity index (χ1v) is 6.13. The van der Waals surface area contributed by atoms with Gasteiger partial charge in [0, 0.05) is 16.8 Å². The fourth-order valence-corrected chi connectivity index (χ4v) is 2.66. The minimum Gasteiger partial charge on any atom is -0.493 e. The van der Waals surface area contributed by atoms with Crippen molar-refractivity contribution in [2.24, 2.45) is 7.05 Å². The quantitative estimate of drug-likeness (QED) is 0.686. The second kappa shape index (κ2) is 3.74. The van der Waals surface area contributed by atoms with E-state index in [1.807, 2.05) is 23.9 Å². The smallest absolute Gasteiger partial charge is 0.192 e. The van der Waals surface area contributed by atoms with Crippen molar-refractivity contribution in [1.82, 2.24) is 4.98 Å². The molecule has 0 spiro atoms. The molecule has 0 aliphatic rings. The van der Waals surface area contributed by atoms with Crippen LogP contribution in [0.2, 0.25) is 0 Å². The Hall–Kier alpha value is -1.55. The maximum absolute atomic E-state index is 5.43. The molecule has 1 aromatic carbocycles. The van der Waals surface area contributed by atoms with Crippen LogP contribution in [0.4, 0.5) is 0 Å². The van der Waals surface area contributed by atoms with Crippen LogP contribution in [0.3, 0.4) is 0 Å². The maximum Gasteiger partial charge on any atom is 0.192 e. The molecule has 2 aromatic heterocycles. The van der Waals surface area contributed by atoms with Crippen LogP contribution in [0, 0.1) is 0 Å². The highest BCUT2D eigenvalue weighted by atomic mass is 79.9. The van der Waals surface area contributed by atoms with Crippen molar-refractivity contribution in [3.63, 3.8) is 0 Å². The van der Waals surface area contributed by atoms with Crippen LogP contribution in [0.15, 0.2) is 35.1 Å². The lowest BCUT2D eigenvalue weighted by atomic mass is 10.2. The molecule has 17 heavy (non-hydrogen) atoms. The van der Waals surface area contributed by atoms with Crippen LogP contribution in [-0.4, -0.2) is 12.1 Å². The number of halogens is 1. The molecule has 0 unspecified atom stereocenters. The molecule has 3 aromatic rings. The Morgan fingerprint density at radius 1 is 1.24 bits per heavy atom. The van der Waals surface area contributed by atoms with Gasteiger partial charge in [0.25, 0.3) is 0 Å². The Bertz CT molecular complexity index is 718. The number of nitrogens with one attached hydrogen (secondary N) is 1. The van der Waals surface area contributed by atoms with Gasteiger partial charge in [-0.3, -0.25) is 0 Å². The molecule has 86 valence electrons. The van der Waals surface area contributed by atoms with E-state index in [2.05, 4.69) is 39.2 Å². The van der Waals surface area contributed by atoms with E-state index in [1.165, 1.54) is 10.8 Å². The number of pyridine rings is 1. The maximum atomic E-state index is 5.43. The molecule has 0 saturated heterocycles. The molecule has 2 heterocycles. The molecule has 1 N–H and O–H groups in total. The lowest BCUT2D eigenvalue weighted by Gasteiger charge is -2.03. The predicted octanol–water partition coefficient (Wildman–Crippen LogP) is 2.92. The summed E-state index contributed by atoms with van der Waals surface area (Å²) in [7, 11) is 3.70. The van der Waals surface area contributed by atoms with Crippen molar-refractivity contribution in [2.45, 2.75) is 0 Å². The first-order chi connectivity index (χ1) is 8.20. The lowest BCUT2D eigenvalue weighted by Crippen LogP contribution is -2.25. The summed E-state index contributed by atoms with van der Waals surface area (Å²) in [5.41, 5.74) is 2.14. The van der Waals surface area contributed by atoms with Crippen LogP contribution in [0.5, 0.6) is 5.75 Å². The predicted molar refractivity (Wildman–Crippen MR) is 71.2 cm³/mol. The monoisotopic (exact) mass is 291 g/mol. The number of aromatic nitrogens is 2. The van der Waals surface area contributed by atoms with E-state index in [0.717, 1.165) is 21.3 Å². The Kier molecular flexibility index (Phi) is 2.33. The summed E-state index contributed by atoms with van der Waals surface area (Å²) in [5.74, 6) is 0.848. The SMILES string of the molecule is COc1c(Br)ccc2c1[nH]c1c[n+](C)ccc12. The van der Waals surface area contributed by atoms with Crippen molar-refractivity contribution in [1.29, 1.82) is 0 Å². The van der Waals surface area contributed by atoms with E-state index in [-0.39, 0.29) is 0 Å². The van der Waals surface area contributed by atoms with Crippen LogP contribution in [-0.2, 0) is 7.05 Å². The summed E-state index contributed by atoms with van der Waals surface area (Å²) in [6.45, 7) is 0. The normalized spacial score (nSPS) is 11.2. The molecule has 0 saturated carbocycles. The number of ether oxygens (including phenoxy) is 1. The second-order valence-electron chi connectivity index (χ2n) is 4.07. The van der Waals surface area contributed by atoms with Crippen molar-refractivity contribution < 1.29 is 9.30 Å². The van der Waals surface area contributed by atoms with Crippen LogP contribution in [0.25, 0.3) is 21.8 Å². The number of aryl methyl sites for hydroxylation is 1. The third-order valence-corrected chi connectivity index (χ3v) is 3.59. The molecule has 0 atom stereocenters. The first kappa shape index (κ1) is 10.6. The number of aromatic amines is 1. The molecule has 0 fully saturated rings. The van der Waals surface area contributed by atoms with Crippen molar-refractivity contribution in [3.8, 4) is 5.75 Å². The van der Waals surface area contributed by atoms with Gasteiger partial charge in [0.1, 0.15) is 12.6 Å². The van der Waals surface area contributed by atoms with E-state index < -0.39 is 0 Å². The third kappa shape index (κ3) is 1.52. The van der Waals surface area contributed by atoms with Gasteiger partial charge in [-0.25, -0.2) is 4.57 Å². The average Bonchev–Trinajstić information content (AvgIpc) is 2.66. The fraction of sp³-hybridized carbons (Fsp3) is 0.154. The number of fused-ring (bicyclic) bond motifs is 3. The van der Waals surface area contributed by atoms with Gasteiger partial charge in [-0.2, -0.15) is 0 Å². The van der Waals surface area contributed by atoms with Gasteiger partial charge in [0.15, 0.2) is 18.1 Å². The van der Waals surface area contributed by atoms with Crippen molar-refractivity contribution in [3.05, 3.63) is 35.1 Å². The highest BCUT2D eigenvalue weighted by Crippen LogP contribution is 2.36. The van der Waals surface area contributed by atoms with E-state index in [9.17, 15) is 0 Å². The third-order valence-electron chi connectivity index (χ3n) is 2.96. The van der Waals surface area contributed by atoms with Crippen LogP contribution >= 0.6 is 15.9 Å². The summed E-state index contributed by atoms with van der Waals surface area (Å²) in [4.78, 5) is 3.40. The topological polar surface area (TPSA) is 28.9 Å². The number of H-pyrrole nitrogens is 1. The number of hydrogen-bond acceptors (Lipinski definition) is 1. The van der Waals surface area contributed by atoms with Gasteiger partial charge in [-0.15, -0.1) is 0 Å². The molecule has 0 radical (unpaired) electrons. The second-order valence-corrected chi connectivity index (χ2v) is 4.92. The Morgan fingerprint density at radius 2 is 2.06 bits per heavy atom. The zero-order chi connectivity index (χ0) is 12.0. The van der Waals surface area contributed by atoms with Crippen LogP contribution < -0.4 is 9.30 Å².